The van der Waals surface area contributed by atoms with Gasteiger partial charge in [-0.3, -0.25) is 24.0 Å². The molecule has 3 fully saturated rings. The number of cyclic esters (lactones) is 1. The van der Waals surface area contributed by atoms with Gasteiger partial charge >= 0.3 is 23.9 Å². The molecule has 16 heteroatoms. The fourth-order valence-electron chi connectivity index (χ4n) is 9.77. The van der Waals surface area contributed by atoms with Crippen molar-refractivity contribution in [2.75, 3.05) is 27.8 Å². The van der Waals surface area contributed by atoms with Crippen LogP contribution < -0.4 is 0 Å². The van der Waals surface area contributed by atoms with E-state index in [-0.39, 0.29) is 44.4 Å². The fraction of sp³-hybridized carbons (Fsp3) is 0.884. The lowest BCUT2D eigenvalue weighted by atomic mass is 9.72. The Morgan fingerprint density at radius 3 is 1.97 bits per heavy atom. The molecule has 0 bridgehead atoms. The Kier molecular flexibility index (Phi) is 17.5. The van der Waals surface area contributed by atoms with Crippen molar-refractivity contribution in [1.82, 2.24) is 4.90 Å². The number of methoxy groups -OCH3 is 1. The summed E-state index contributed by atoms with van der Waals surface area (Å²) in [4.78, 5) is 68.1. The number of Topliss-reactive ketones (excluding diaryl/α,β-unsaturated/α-hetero) is 1. The molecule has 3 rings (SSSR count). The van der Waals surface area contributed by atoms with Crippen LogP contribution in [0.4, 0.5) is 0 Å². The van der Waals surface area contributed by atoms with E-state index in [4.69, 9.17) is 37.9 Å². The van der Waals surface area contributed by atoms with Gasteiger partial charge < -0.3 is 53.0 Å². The molecule has 3 saturated heterocycles. The summed E-state index contributed by atoms with van der Waals surface area (Å²) in [5.74, 6) is -7.01. The molecule has 17 atom stereocenters. The zero-order valence-electron chi connectivity index (χ0n) is 38.0. The average Bonchev–Trinajstić information content (AvgIpc) is 3.12. The first-order valence-corrected chi connectivity index (χ1v) is 21.1. The number of likely N-dealkylation sites (N-methyl/N-ethyl adjacent to an activating group) is 1. The van der Waals surface area contributed by atoms with E-state index in [9.17, 15) is 34.2 Å². The SMILES string of the molecule is CC[C@H]1OC(=O)[C@H](CC2CO[C@@H](C)[C@H](OC(C)=O)[C@]2(C)OC)C[C@H](C)[C@@H](O[C@@H]2O[C@H](C)C[C@H](N(C)C)[C@H]2OC(C)=O)[C@](C)(O)C[C@@H](C)C(=O)[C@H](C)[C@@H](OC(C)=O)[C@]1(C)O. The summed E-state index contributed by atoms with van der Waals surface area (Å²) in [7, 11) is 5.23. The third kappa shape index (κ3) is 12.0. The Balaban J connectivity index is 2.25. The molecule has 1 unspecified atom stereocenters. The Morgan fingerprint density at radius 1 is 0.864 bits per heavy atom. The summed E-state index contributed by atoms with van der Waals surface area (Å²) in [6, 6.07) is -0.307. The number of hydrogen-bond acceptors (Lipinski definition) is 16. The van der Waals surface area contributed by atoms with Crippen LogP contribution in [0.15, 0.2) is 0 Å². The number of carbonyl (C=O) groups excluding carboxylic acids is 5. The van der Waals surface area contributed by atoms with E-state index >= 15 is 0 Å². The summed E-state index contributed by atoms with van der Waals surface area (Å²) in [6.45, 7) is 19.0. The minimum absolute atomic E-state index is 0.0476. The molecule has 0 amide bonds. The topological polar surface area (TPSA) is 203 Å². The lowest BCUT2D eigenvalue weighted by Gasteiger charge is -2.49. The molecule has 0 aromatic rings. The number of carbonyl (C=O) groups is 5. The predicted molar refractivity (Wildman–Crippen MR) is 214 cm³/mol. The minimum atomic E-state index is -2.02. The van der Waals surface area contributed by atoms with Crippen molar-refractivity contribution in [1.29, 1.82) is 0 Å². The molecule has 3 aliphatic rings. The van der Waals surface area contributed by atoms with Gasteiger partial charge in [0, 0.05) is 39.7 Å². The largest absolute Gasteiger partial charge is 0.459 e. The van der Waals surface area contributed by atoms with Crippen molar-refractivity contribution in [3.8, 4) is 0 Å². The quantitative estimate of drug-likeness (QED) is 0.237. The van der Waals surface area contributed by atoms with Crippen LogP contribution in [0.25, 0.3) is 0 Å². The molecule has 0 aromatic heterocycles. The zero-order chi connectivity index (χ0) is 44.9. The maximum atomic E-state index is 14.7. The Hall–Kier alpha value is -2.73. The van der Waals surface area contributed by atoms with Gasteiger partial charge in [-0.05, 0) is 86.7 Å². The molecule has 0 aromatic carbocycles. The average molecular weight is 844 g/mol. The first-order valence-electron chi connectivity index (χ1n) is 21.1. The van der Waals surface area contributed by atoms with E-state index in [2.05, 4.69) is 0 Å². The summed E-state index contributed by atoms with van der Waals surface area (Å²) in [5, 5.41) is 24.7. The van der Waals surface area contributed by atoms with E-state index in [1.54, 1.807) is 34.6 Å². The van der Waals surface area contributed by atoms with Gasteiger partial charge in [-0.15, -0.1) is 0 Å². The van der Waals surface area contributed by atoms with Crippen molar-refractivity contribution in [2.45, 2.75) is 187 Å². The molecular weight excluding hydrogens is 770 g/mol. The second-order valence-electron chi connectivity index (χ2n) is 18.3. The van der Waals surface area contributed by atoms with Crippen LogP contribution in [0, 0.1) is 29.6 Å². The number of aliphatic hydroxyl groups is 2. The summed E-state index contributed by atoms with van der Waals surface area (Å²) in [6.07, 6.45) is -6.86. The molecule has 0 saturated carbocycles. The van der Waals surface area contributed by atoms with Gasteiger partial charge in [0.2, 0.25) is 0 Å². The molecule has 0 aliphatic carbocycles. The third-order valence-corrected chi connectivity index (χ3v) is 12.9. The van der Waals surface area contributed by atoms with Crippen LogP contribution >= 0.6 is 0 Å². The first kappa shape index (κ1) is 50.6. The maximum Gasteiger partial charge on any atom is 0.309 e. The monoisotopic (exact) mass is 843 g/mol. The molecule has 0 spiro atoms. The lowest BCUT2D eigenvalue weighted by Crippen LogP contribution is -2.61. The van der Waals surface area contributed by atoms with Crippen molar-refractivity contribution in [3.63, 3.8) is 0 Å². The van der Waals surface area contributed by atoms with Crippen LogP contribution in [0.1, 0.15) is 115 Å². The van der Waals surface area contributed by atoms with Crippen molar-refractivity contribution < 1.29 is 72.1 Å². The maximum absolute atomic E-state index is 14.7. The van der Waals surface area contributed by atoms with Crippen LogP contribution in [0.5, 0.6) is 0 Å². The second-order valence-corrected chi connectivity index (χ2v) is 18.3. The highest BCUT2D eigenvalue weighted by molar-refractivity contribution is 5.84. The van der Waals surface area contributed by atoms with Crippen molar-refractivity contribution >= 4 is 29.7 Å². The standard InChI is InChI=1S/C43H73NO15/c1-16-33-42(11,51)37(56-28(8)46)25(5)34(48)23(3)20-41(10,50)36(59-40-35(55-27(7)45)32(44(13)14)18-24(4)54-40)22(2)17-30(39(49)58-33)19-31-21-53-26(6)38(57-29(9)47)43(31,12)52-15/h22-26,30-33,35-38,40,50-51H,16-21H2,1-15H3/t22-,23+,24+,25-,26-,30-,31?,32-,33+,35+,36+,37+,38-,40-,41+,42+,43+/m0/s1. The van der Waals surface area contributed by atoms with Gasteiger partial charge in [-0.2, -0.15) is 0 Å². The number of ketones is 1. The molecular formula is C43H73NO15. The van der Waals surface area contributed by atoms with Crippen LogP contribution in [-0.2, 0) is 61.9 Å². The van der Waals surface area contributed by atoms with Gasteiger partial charge in [0.05, 0.1) is 48.4 Å². The lowest BCUT2D eigenvalue weighted by molar-refractivity contribution is -0.298. The van der Waals surface area contributed by atoms with Crippen LogP contribution in [0.2, 0.25) is 0 Å². The summed E-state index contributed by atoms with van der Waals surface area (Å²) in [5.41, 5.74) is -4.91. The van der Waals surface area contributed by atoms with Crippen molar-refractivity contribution in [2.24, 2.45) is 29.6 Å². The van der Waals surface area contributed by atoms with E-state index in [1.807, 2.05) is 32.8 Å². The highest BCUT2D eigenvalue weighted by atomic mass is 16.7. The number of esters is 4. The van der Waals surface area contributed by atoms with E-state index < -0.39 is 119 Å². The summed E-state index contributed by atoms with van der Waals surface area (Å²) < 4.78 is 48.7. The molecule has 16 nitrogen and oxygen atoms in total. The van der Waals surface area contributed by atoms with Gasteiger partial charge in [-0.1, -0.05) is 27.7 Å². The second kappa shape index (κ2) is 20.4. The Bertz CT molecular complexity index is 1470. The molecule has 3 aliphatic heterocycles. The van der Waals surface area contributed by atoms with Crippen molar-refractivity contribution in [3.05, 3.63) is 0 Å². The molecule has 59 heavy (non-hydrogen) atoms. The van der Waals surface area contributed by atoms with E-state index in [0.29, 0.717) is 6.42 Å². The Labute approximate surface area is 350 Å². The molecule has 0 radical (unpaired) electrons. The number of hydrogen-bond donors (Lipinski definition) is 2. The van der Waals surface area contributed by atoms with Gasteiger partial charge in [-0.25, -0.2) is 0 Å². The van der Waals surface area contributed by atoms with Crippen LogP contribution in [0.3, 0.4) is 0 Å². The smallest absolute Gasteiger partial charge is 0.309 e. The fourth-order valence-corrected chi connectivity index (χ4v) is 9.77. The number of ether oxygens (including phenoxy) is 8. The normalized spacial score (nSPS) is 42.9. The van der Waals surface area contributed by atoms with Crippen LogP contribution in [-0.4, -0.2) is 144 Å². The van der Waals surface area contributed by atoms with Gasteiger partial charge in [0.1, 0.15) is 29.2 Å². The van der Waals surface area contributed by atoms with Gasteiger partial charge in [0.15, 0.2) is 18.5 Å². The molecule has 2 N–H and O–H groups in total. The highest BCUT2D eigenvalue weighted by Crippen LogP contribution is 2.43. The first-order chi connectivity index (χ1) is 27.2. The van der Waals surface area contributed by atoms with Gasteiger partial charge in [0.25, 0.3) is 0 Å². The summed E-state index contributed by atoms with van der Waals surface area (Å²) >= 11 is 0. The molecule has 340 valence electrons. The molecule has 3 heterocycles. The third-order valence-electron chi connectivity index (χ3n) is 12.9. The highest BCUT2D eigenvalue weighted by Gasteiger charge is 2.55. The number of rotatable bonds is 10. The van der Waals surface area contributed by atoms with E-state index in [0.717, 1.165) is 0 Å². The van der Waals surface area contributed by atoms with E-state index in [1.165, 1.54) is 41.7 Å². The number of nitrogens with zero attached hydrogens (tertiary/aromatic N) is 1. The Morgan fingerprint density at radius 2 is 1.44 bits per heavy atom. The predicted octanol–water partition coefficient (Wildman–Crippen LogP) is 3.77. The minimum Gasteiger partial charge on any atom is -0.459 e. The zero-order valence-corrected chi connectivity index (χ0v) is 38.0.